The number of halogens is 1. The monoisotopic (exact) mass is 268 g/mol. The Labute approximate surface area is 108 Å². The largest absolute Gasteiger partial charge is 0.467 e. The molecule has 0 saturated carbocycles. The molecular formula is C12H13FN2O4. The molecule has 0 aromatic heterocycles. The normalized spacial score (nSPS) is 18.4. The third-order valence-corrected chi connectivity index (χ3v) is 3.18. The van der Waals surface area contributed by atoms with E-state index >= 15 is 0 Å². The van der Waals surface area contributed by atoms with Crippen LogP contribution in [0, 0.1) is 15.9 Å². The fraction of sp³-hybridized carbons (Fsp3) is 0.417. The minimum atomic E-state index is -0.704. The van der Waals surface area contributed by atoms with Crippen molar-refractivity contribution in [1.29, 1.82) is 0 Å². The number of carbonyl (C=O) groups is 1. The smallest absolute Gasteiger partial charge is 0.328 e. The van der Waals surface area contributed by atoms with E-state index in [0.29, 0.717) is 19.4 Å². The van der Waals surface area contributed by atoms with Crippen molar-refractivity contribution in [3.8, 4) is 0 Å². The zero-order valence-corrected chi connectivity index (χ0v) is 10.3. The number of methoxy groups -OCH3 is 1. The lowest BCUT2D eigenvalue weighted by atomic mass is 10.2. The van der Waals surface area contributed by atoms with Crippen LogP contribution in [0.5, 0.6) is 0 Å². The minimum absolute atomic E-state index is 0.139. The summed E-state index contributed by atoms with van der Waals surface area (Å²) < 4.78 is 18.6. The number of carbonyl (C=O) groups excluding carboxylic acids is 1. The van der Waals surface area contributed by atoms with Gasteiger partial charge in [-0.15, -0.1) is 0 Å². The van der Waals surface area contributed by atoms with E-state index in [2.05, 4.69) is 4.74 Å². The Balaban J connectivity index is 2.46. The number of para-hydroxylation sites is 1. The van der Waals surface area contributed by atoms with E-state index in [4.69, 9.17) is 0 Å². The standard InChI is InChI=1S/C12H13FN2O4/c1-19-12(16)10-6-3-7-14(10)11-8(13)4-2-5-9(11)15(17)18/h2,4-5,10H,3,6-7H2,1H3. The molecule has 0 radical (unpaired) electrons. The summed E-state index contributed by atoms with van der Waals surface area (Å²) in [6.07, 6.45) is 1.16. The summed E-state index contributed by atoms with van der Waals surface area (Å²) in [4.78, 5) is 23.4. The molecule has 1 aromatic carbocycles. The molecule has 1 aliphatic heterocycles. The summed E-state index contributed by atoms with van der Waals surface area (Å²) in [7, 11) is 1.24. The van der Waals surface area contributed by atoms with Crippen LogP contribution in [-0.4, -0.2) is 30.6 Å². The van der Waals surface area contributed by atoms with Crippen molar-refractivity contribution >= 4 is 17.3 Å². The Hall–Kier alpha value is -2.18. The second-order valence-electron chi connectivity index (χ2n) is 4.24. The van der Waals surface area contributed by atoms with Crippen LogP contribution in [0.2, 0.25) is 0 Å². The minimum Gasteiger partial charge on any atom is -0.467 e. The number of esters is 1. The van der Waals surface area contributed by atoms with Crippen LogP contribution in [0.1, 0.15) is 12.8 Å². The lowest BCUT2D eigenvalue weighted by Crippen LogP contribution is -2.37. The van der Waals surface area contributed by atoms with E-state index in [1.807, 2.05) is 0 Å². The van der Waals surface area contributed by atoms with Gasteiger partial charge in [-0.2, -0.15) is 0 Å². The van der Waals surface area contributed by atoms with Crippen LogP contribution >= 0.6 is 0 Å². The first kappa shape index (κ1) is 13.3. The summed E-state index contributed by atoms with van der Waals surface area (Å²) in [6, 6.07) is 2.99. The lowest BCUT2D eigenvalue weighted by Gasteiger charge is -2.24. The molecule has 0 spiro atoms. The maximum Gasteiger partial charge on any atom is 0.328 e. The van der Waals surface area contributed by atoms with E-state index in [1.165, 1.54) is 24.1 Å². The fourth-order valence-electron chi connectivity index (χ4n) is 2.35. The summed E-state index contributed by atoms with van der Waals surface area (Å²) in [5.74, 6) is -1.21. The van der Waals surface area contributed by atoms with E-state index in [1.54, 1.807) is 0 Å². The second-order valence-corrected chi connectivity index (χ2v) is 4.24. The van der Waals surface area contributed by atoms with Crippen molar-refractivity contribution in [2.45, 2.75) is 18.9 Å². The number of benzene rings is 1. The molecule has 19 heavy (non-hydrogen) atoms. The van der Waals surface area contributed by atoms with Gasteiger partial charge in [0.1, 0.15) is 6.04 Å². The Bertz CT molecular complexity index is 520. The predicted molar refractivity (Wildman–Crippen MR) is 65.4 cm³/mol. The zero-order chi connectivity index (χ0) is 14.0. The van der Waals surface area contributed by atoms with Crippen LogP contribution in [0.4, 0.5) is 15.8 Å². The van der Waals surface area contributed by atoms with Gasteiger partial charge in [-0.3, -0.25) is 10.1 Å². The van der Waals surface area contributed by atoms with Crippen LogP contribution in [0.25, 0.3) is 0 Å². The van der Waals surface area contributed by atoms with Gasteiger partial charge in [0.25, 0.3) is 5.69 Å². The molecule has 0 N–H and O–H groups in total. The molecule has 6 nitrogen and oxygen atoms in total. The SMILES string of the molecule is COC(=O)C1CCCN1c1c(F)cccc1[N+](=O)[O-]. The Kier molecular flexibility index (Phi) is 3.64. The molecule has 1 heterocycles. The van der Waals surface area contributed by atoms with E-state index < -0.39 is 22.8 Å². The van der Waals surface area contributed by atoms with Gasteiger partial charge in [-0.1, -0.05) is 6.07 Å². The third kappa shape index (κ3) is 2.35. The van der Waals surface area contributed by atoms with Crippen LogP contribution < -0.4 is 4.90 Å². The number of nitro groups is 1. The summed E-state index contributed by atoms with van der Waals surface area (Å²) in [5, 5.41) is 11.0. The number of nitro benzene ring substituents is 1. The predicted octanol–water partition coefficient (Wildman–Crippen LogP) is 1.88. The molecular weight excluding hydrogens is 255 g/mol. The number of hydrogen-bond donors (Lipinski definition) is 0. The third-order valence-electron chi connectivity index (χ3n) is 3.18. The second kappa shape index (κ2) is 5.21. The van der Waals surface area contributed by atoms with Crippen molar-refractivity contribution in [2.24, 2.45) is 0 Å². The summed E-state index contributed by atoms with van der Waals surface area (Å²) >= 11 is 0. The first-order chi connectivity index (χ1) is 9.06. The molecule has 0 aliphatic carbocycles. The molecule has 7 heteroatoms. The summed E-state index contributed by atoms with van der Waals surface area (Å²) in [6.45, 7) is 0.390. The van der Waals surface area contributed by atoms with Crippen LogP contribution in [-0.2, 0) is 9.53 Å². The number of nitrogens with zero attached hydrogens (tertiary/aromatic N) is 2. The van der Waals surface area contributed by atoms with Crippen LogP contribution in [0.15, 0.2) is 18.2 Å². The first-order valence-electron chi connectivity index (χ1n) is 5.83. The van der Waals surface area contributed by atoms with Crippen molar-refractivity contribution in [3.63, 3.8) is 0 Å². The fourth-order valence-corrected chi connectivity index (χ4v) is 2.35. The molecule has 1 saturated heterocycles. The summed E-state index contributed by atoms with van der Waals surface area (Å²) in [5.41, 5.74) is -0.476. The molecule has 1 atom stereocenters. The molecule has 0 amide bonds. The van der Waals surface area contributed by atoms with Crippen LogP contribution in [0.3, 0.4) is 0 Å². The number of hydrogen-bond acceptors (Lipinski definition) is 5. The highest BCUT2D eigenvalue weighted by atomic mass is 19.1. The van der Waals surface area contributed by atoms with Gasteiger partial charge in [-0.25, -0.2) is 9.18 Å². The van der Waals surface area contributed by atoms with Gasteiger partial charge in [0.05, 0.1) is 12.0 Å². The number of ether oxygens (including phenoxy) is 1. The number of anilines is 1. The maximum atomic E-state index is 13.9. The number of rotatable bonds is 3. The van der Waals surface area contributed by atoms with E-state index in [0.717, 1.165) is 6.07 Å². The van der Waals surface area contributed by atoms with Gasteiger partial charge < -0.3 is 9.64 Å². The highest BCUT2D eigenvalue weighted by molar-refractivity contribution is 5.82. The highest BCUT2D eigenvalue weighted by Gasteiger charge is 2.36. The Morgan fingerprint density at radius 2 is 2.32 bits per heavy atom. The molecule has 1 unspecified atom stereocenters. The van der Waals surface area contributed by atoms with Crippen molar-refractivity contribution < 1.29 is 18.8 Å². The highest BCUT2D eigenvalue weighted by Crippen LogP contribution is 2.35. The Morgan fingerprint density at radius 3 is 2.95 bits per heavy atom. The first-order valence-corrected chi connectivity index (χ1v) is 5.83. The van der Waals surface area contributed by atoms with Crippen molar-refractivity contribution in [3.05, 3.63) is 34.1 Å². The molecule has 0 bridgehead atoms. The van der Waals surface area contributed by atoms with Gasteiger partial charge in [0, 0.05) is 12.6 Å². The lowest BCUT2D eigenvalue weighted by molar-refractivity contribution is -0.384. The maximum absolute atomic E-state index is 13.9. The van der Waals surface area contributed by atoms with Gasteiger partial charge in [0.15, 0.2) is 11.5 Å². The topological polar surface area (TPSA) is 72.7 Å². The average Bonchev–Trinajstić information content (AvgIpc) is 2.86. The van der Waals surface area contributed by atoms with E-state index in [9.17, 15) is 19.3 Å². The van der Waals surface area contributed by atoms with Gasteiger partial charge in [0.2, 0.25) is 0 Å². The van der Waals surface area contributed by atoms with E-state index in [-0.39, 0.29) is 11.4 Å². The van der Waals surface area contributed by atoms with Gasteiger partial charge in [-0.05, 0) is 18.9 Å². The molecule has 1 fully saturated rings. The molecule has 102 valence electrons. The average molecular weight is 268 g/mol. The van der Waals surface area contributed by atoms with Crippen molar-refractivity contribution in [1.82, 2.24) is 0 Å². The Morgan fingerprint density at radius 1 is 1.58 bits per heavy atom. The van der Waals surface area contributed by atoms with Gasteiger partial charge >= 0.3 is 5.97 Å². The molecule has 1 aliphatic rings. The quantitative estimate of drug-likeness (QED) is 0.475. The van der Waals surface area contributed by atoms with Crippen molar-refractivity contribution in [2.75, 3.05) is 18.6 Å². The zero-order valence-electron chi connectivity index (χ0n) is 10.3. The molecule has 1 aromatic rings. The molecule has 2 rings (SSSR count).